The molecule has 0 heterocycles. The zero-order chi connectivity index (χ0) is 17.7. The monoisotopic (exact) mass is 326 g/mol. The van der Waals surface area contributed by atoms with Crippen molar-refractivity contribution in [3.8, 4) is 0 Å². The number of amides is 1. The van der Waals surface area contributed by atoms with Gasteiger partial charge in [-0.1, -0.05) is 36.4 Å². The quantitative estimate of drug-likeness (QED) is 0.793. The molecule has 0 N–H and O–H groups in total. The van der Waals surface area contributed by atoms with E-state index in [-0.39, 0.29) is 5.91 Å². The molecule has 5 heteroatoms. The second-order valence-corrected chi connectivity index (χ2v) is 5.87. The van der Waals surface area contributed by atoms with Crippen molar-refractivity contribution in [2.24, 2.45) is 0 Å². The van der Waals surface area contributed by atoms with Gasteiger partial charge in [-0.2, -0.15) is 0 Å². The van der Waals surface area contributed by atoms with Gasteiger partial charge in [-0.05, 0) is 18.2 Å². The minimum atomic E-state index is -0.961. The molecule has 0 aliphatic carbocycles. The summed E-state index contributed by atoms with van der Waals surface area (Å²) in [6.07, 6.45) is -0.961. The maximum absolute atomic E-state index is 12.5. The number of carbonyl (C=O) groups excluding carboxylic acids is 2. The van der Waals surface area contributed by atoms with Gasteiger partial charge in [0.15, 0.2) is 0 Å². The number of esters is 1. The summed E-state index contributed by atoms with van der Waals surface area (Å²) in [5.74, 6) is -0.805. The topological polar surface area (TPSA) is 49.9 Å². The van der Waals surface area contributed by atoms with Crippen molar-refractivity contribution in [1.82, 2.24) is 4.90 Å². The Kier molecular flexibility index (Phi) is 5.58. The molecule has 1 unspecified atom stereocenters. The minimum absolute atomic E-state index is 0.279. The van der Waals surface area contributed by atoms with Crippen molar-refractivity contribution in [1.29, 1.82) is 0 Å². The van der Waals surface area contributed by atoms with Crippen LogP contribution in [0.25, 0.3) is 0 Å². The van der Waals surface area contributed by atoms with Crippen molar-refractivity contribution in [3.05, 3.63) is 65.7 Å². The van der Waals surface area contributed by atoms with Gasteiger partial charge >= 0.3 is 5.97 Å². The number of ether oxygens (including phenoxy) is 1. The zero-order valence-corrected chi connectivity index (χ0v) is 14.4. The van der Waals surface area contributed by atoms with Crippen LogP contribution < -0.4 is 4.90 Å². The van der Waals surface area contributed by atoms with Crippen molar-refractivity contribution in [2.75, 3.05) is 33.1 Å². The van der Waals surface area contributed by atoms with Crippen LogP contribution >= 0.6 is 0 Å². The van der Waals surface area contributed by atoms with E-state index in [1.165, 1.54) is 4.90 Å². The van der Waals surface area contributed by atoms with Crippen LogP contribution in [0.5, 0.6) is 0 Å². The molecule has 0 aliphatic heterocycles. The summed E-state index contributed by atoms with van der Waals surface area (Å²) in [5, 5.41) is 0. The van der Waals surface area contributed by atoms with E-state index in [9.17, 15) is 9.59 Å². The average molecular weight is 326 g/mol. The highest BCUT2D eigenvalue weighted by molar-refractivity contribution is 5.93. The third-order valence-electron chi connectivity index (χ3n) is 3.59. The maximum atomic E-state index is 12.5. The summed E-state index contributed by atoms with van der Waals surface area (Å²) in [6, 6.07) is 16.1. The van der Waals surface area contributed by atoms with Gasteiger partial charge in [-0.25, -0.2) is 4.79 Å². The third-order valence-corrected chi connectivity index (χ3v) is 3.59. The van der Waals surface area contributed by atoms with Crippen molar-refractivity contribution in [3.63, 3.8) is 0 Å². The highest BCUT2D eigenvalue weighted by atomic mass is 16.5. The summed E-state index contributed by atoms with van der Waals surface area (Å²) in [7, 11) is 7.07. The summed E-state index contributed by atoms with van der Waals surface area (Å²) >= 11 is 0. The summed E-state index contributed by atoms with van der Waals surface area (Å²) in [5.41, 5.74) is 1.95. The van der Waals surface area contributed by atoms with Crippen LogP contribution in [0.1, 0.15) is 22.0 Å². The molecule has 5 nitrogen and oxygen atoms in total. The van der Waals surface area contributed by atoms with Crippen LogP contribution in [0.2, 0.25) is 0 Å². The number of nitrogens with zero attached hydrogens (tertiary/aromatic N) is 2. The molecular formula is C19H22N2O3. The lowest BCUT2D eigenvalue weighted by Crippen LogP contribution is -2.31. The van der Waals surface area contributed by atoms with Crippen LogP contribution in [-0.2, 0) is 9.53 Å². The normalized spacial score (nSPS) is 11.5. The zero-order valence-electron chi connectivity index (χ0n) is 14.4. The summed E-state index contributed by atoms with van der Waals surface area (Å²) in [4.78, 5) is 28.3. The molecule has 1 amide bonds. The number of carbonyl (C=O) groups is 2. The third kappa shape index (κ3) is 4.13. The van der Waals surface area contributed by atoms with Crippen molar-refractivity contribution < 1.29 is 14.3 Å². The fourth-order valence-corrected chi connectivity index (χ4v) is 2.21. The van der Waals surface area contributed by atoms with Gasteiger partial charge in [-0.3, -0.25) is 4.79 Å². The van der Waals surface area contributed by atoms with Crippen molar-refractivity contribution >= 4 is 17.6 Å². The fraction of sp³-hybridized carbons (Fsp3) is 0.263. The van der Waals surface area contributed by atoms with E-state index in [0.29, 0.717) is 11.1 Å². The van der Waals surface area contributed by atoms with Gasteiger partial charge in [0.2, 0.25) is 6.10 Å². The van der Waals surface area contributed by atoms with Crippen LogP contribution in [0.4, 0.5) is 5.69 Å². The lowest BCUT2D eigenvalue weighted by Gasteiger charge is -2.21. The Bertz CT molecular complexity index is 712. The maximum Gasteiger partial charge on any atom is 0.339 e. The molecule has 2 aromatic carbocycles. The second kappa shape index (κ2) is 7.64. The van der Waals surface area contributed by atoms with E-state index in [1.54, 1.807) is 44.4 Å². The Morgan fingerprint density at radius 2 is 1.58 bits per heavy atom. The van der Waals surface area contributed by atoms with E-state index in [0.717, 1.165) is 5.69 Å². The smallest absolute Gasteiger partial charge is 0.339 e. The van der Waals surface area contributed by atoms with Crippen LogP contribution in [0.3, 0.4) is 0 Å². The van der Waals surface area contributed by atoms with E-state index < -0.39 is 12.1 Å². The van der Waals surface area contributed by atoms with Crippen LogP contribution in [0, 0.1) is 0 Å². The summed E-state index contributed by atoms with van der Waals surface area (Å²) < 4.78 is 5.53. The highest BCUT2D eigenvalue weighted by Crippen LogP contribution is 2.22. The first kappa shape index (κ1) is 17.5. The Morgan fingerprint density at radius 1 is 0.917 bits per heavy atom. The first-order valence-electron chi connectivity index (χ1n) is 7.64. The van der Waals surface area contributed by atoms with Gasteiger partial charge in [0.25, 0.3) is 5.91 Å². The van der Waals surface area contributed by atoms with E-state index >= 15 is 0 Å². The molecule has 0 bridgehead atoms. The number of likely N-dealkylation sites (N-methyl/N-ethyl adjacent to an activating group) is 1. The standard InChI is InChI=1S/C19H22N2O3/c1-20(2)16-12-8-11-15(13-16)19(23)24-17(18(22)21(3)4)14-9-6-5-7-10-14/h5-13,17H,1-4H3. The van der Waals surface area contributed by atoms with Gasteiger partial charge in [0, 0.05) is 39.4 Å². The molecule has 24 heavy (non-hydrogen) atoms. The highest BCUT2D eigenvalue weighted by Gasteiger charge is 2.27. The number of hydrogen-bond donors (Lipinski definition) is 0. The van der Waals surface area contributed by atoms with Crippen molar-refractivity contribution in [2.45, 2.75) is 6.10 Å². The Balaban J connectivity index is 2.28. The van der Waals surface area contributed by atoms with E-state index in [4.69, 9.17) is 4.74 Å². The number of benzene rings is 2. The molecule has 0 saturated carbocycles. The van der Waals surface area contributed by atoms with E-state index in [1.807, 2.05) is 43.3 Å². The molecule has 1 atom stereocenters. The molecule has 2 rings (SSSR count). The van der Waals surface area contributed by atoms with Crippen LogP contribution in [0.15, 0.2) is 54.6 Å². The summed E-state index contributed by atoms with van der Waals surface area (Å²) in [6.45, 7) is 0. The number of anilines is 1. The number of hydrogen-bond acceptors (Lipinski definition) is 4. The minimum Gasteiger partial charge on any atom is -0.444 e. The SMILES string of the molecule is CN(C)C(=O)C(OC(=O)c1cccc(N(C)C)c1)c1ccccc1. The fourth-order valence-electron chi connectivity index (χ4n) is 2.21. The molecule has 0 radical (unpaired) electrons. The molecule has 0 aromatic heterocycles. The lowest BCUT2D eigenvalue weighted by molar-refractivity contribution is -0.138. The van der Waals surface area contributed by atoms with Gasteiger partial charge in [-0.15, -0.1) is 0 Å². The first-order chi connectivity index (χ1) is 11.4. The lowest BCUT2D eigenvalue weighted by atomic mass is 10.1. The predicted molar refractivity (Wildman–Crippen MR) is 94.1 cm³/mol. The molecule has 2 aromatic rings. The molecular weight excluding hydrogens is 304 g/mol. The molecule has 126 valence electrons. The Labute approximate surface area is 142 Å². The second-order valence-electron chi connectivity index (χ2n) is 5.87. The van der Waals surface area contributed by atoms with E-state index in [2.05, 4.69) is 0 Å². The predicted octanol–water partition coefficient (Wildman–Crippen LogP) is 2.74. The first-order valence-corrected chi connectivity index (χ1v) is 7.64. The average Bonchev–Trinajstić information content (AvgIpc) is 2.59. The Morgan fingerprint density at radius 3 is 2.17 bits per heavy atom. The number of rotatable bonds is 5. The van der Waals surface area contributed by atoms with Crippen LogP contribution in [-0.4, -0.2) is 45.0 Å². The molecule has 0 spiro atoms. The Hall–Kier alpha value is -2.82. The molecule has 0 fully saturated rings. The van der Waals surface area contributed by atoms with Gasteiger partial charge in [0.1, 0.15) is 0 Å². The van der Waals surface area contributed by atoms with Gasteiger partial charge in [0.05, 0.1) is 5.56 Å². The van der Waals surface area contributed by atoms with Gasteiger partial charge < -0.3 is 14.5 Å². The molecule has 0 saturated heterocycles. The molecule has 0 aliphatic rings. The largest absolute Gasteiger partial charge is 0.444 e.